The van der Waals surface area contributed by atoms with Crippen LogP contribution in [0.25, 0.3) is 0 Å². The molecule has 24 heavy (non-hydrogen) atoms. The summed E-state index contributed by atoms with van der Waals surface area (Å²) in [4.78, 5) is 14.3. The first kappa shape index (κ1) is 17.3. The lowest BCUT2D eigenvalue weighted by molar-refractivity contribution is -0.132. The second kappa shape index (κ2) is 7.16. The third kappa shape index (κ3) is 3.60. The first-order chi connectivity index (χ1) is 11.5. The zero-order valence-corrected chi connectivity index (χ0v) is 14.3. The van der Waals surface area contributed by atoms with Crippen molar-refractivity contribution in [1.82, 2.24) is 14.5 Å². The minimum atomic E-state index is -3.66. The van der Waals surface area contributed by atoms with Crippen LogP contribution in [0.15, 0.2) is 29.2 Å². The van der Waals surface area contributed by atoms with Crippen LogP contribution < -0.4 is 5.32 Å². The van der Waals surface area contributed by atoms with Crippen LogP contribution >= 0.6 is 0 Å². The van der Waals surface area contributed by atoms with Gasteiger partial charge >= 0.3 is 0 Å². The van der Waals surface area contributed by atoms with Crippen molar-refractivity contribution in [2.24, 2.45) is 0 Å². The fourth-order valence-electron chi connectivity index (χ4n) is 3.23. The van der Waals surface area contributed by atoms with Crippen molar-refractivity contribution in [3.8, 4) is 0 Å². The molecule has 0 saturated carbocycles. The van der Waals surface area contributed by atoms with Gasteiger partial charge in [-0.3, -0.25) is 4.79 Å². The van der Waals surface area contributed by atoms with Gasteiger partial charge in [0.25, 0.3) is 0 Å². The van der Waals surface area contributed by atoms with Gasteiger partial charge in [-0.2, -0.15) is 4.31 Å². The Kier molecular flexibility index (Phi) is 5.17. The molecule has 0 aliphatic carbocycles. The van der Waals surface area contributed by atoms with Crippen molar-refractivity contribution >= 4 is 15.9 Å². The lowest BCUT2D eigenvalue weighted by Crippen LogP contribution is -2.45. The molecule has 2 aliphatic rings. The first-order valence-electron chi connectivity index (χ1n) is 8.26. The number of carbonyl (C=O) groups excluding carboxylic acids is 1. The number of hydrogen-bond acceptors (Lipinski definition) is 4. The van der Waals surface area contributed by atoms with Crippen molar-refractivity contribution < 1.29 is 17.6 Å². The highest BCUT2D eigenvalue weighted by atomic mass is 32.2. The number of benzene rings is 1. The number of hydrogen-bond donors (Lipinski definition) is 1. The molecular weight excluding hydrogens is 333 g/mol. The maximum Gasteiger partial charge on any atom is 0.243 e. The summed E-state index contributed by atoms with van der Waals surface area (Å²) in [5.74, 6) is -0.404. The first-order valence-corrected chi connectivity index (χ1v) is 9.70. The Morgan fingerprint density at radius 3 is 2.50 bits per heavy atom. The summed E-state index contributed by atoms with van der Waals surface area (Å²) in [5.41, 5.74) is 0. The van der Waals surface area contributed by atoms with Crippen molar-refractivity contribution in [3.63, 3.8) is 0 Å². The van der Waals surface area contributed by atoms with Gasteiger partial charge in [0.2, 0.25) is 15.9 Å². The van der Waals surface area contributed by atoms with E-state index in [2.05, 4.69) is 5.32 Å². The van der Waals surface area contributed by atoms with E-state index < -0.39 is 15.8 Å². The number of sulfonamides is 1. The summed E-state index contributed by atoms with van der Waals surface area (Å²) in [5, 5.41) is 3.19. The minimum Gasteiger partial charge on any atom is -0.340 e. The van der Waals surface area contributed by atoms with Crippen molar-refractivity contribution in [2.45, 2.75) is 30.2 Å². The molecule has 6 nitrogen and oxygen atoms in total. The summed E-state index contributed by atoms with van der Waals surface area (Å²) in [7, 11) is -3.66. The van der Waals surface area contributed by atoms with Gasteiger partial charge in [0.1, 0.15) is 5.82 Å². The van der Waals surface area contributed by atoms with E-state index in [-0.39, 0.29) is 23.4 Å². The third-order valence-corrected chi connectivity index (χ3v) is 6.49. The molecule has 0 bridgehead atoms. The number of amides is 1. The van der Waals surface area contributed by atoms with Gasteiger partial charge in [0.05, 0.1) is 10.9 Å². The van der Waals surface area contributed by atoms with Crippen LogP contribution in [0.2, 0.25) is 0 Å². The molecule has 1 atom stereocenters. The Labute approximate surface area is 141 Å². The Bertz CT molecular complexity index is 687. The zero-order valence-electron chi connectivity index (χ0n) is 13.4. The van der Waals surface area contributed by atoms with E-state index in [0.717, 1.165) is 31.5 Å². The van der Waals surface area contributed by atoms with E-state index in [9.17, 15) is 17.6 Å². The molecule has 1 N–H and O–H groups in total. The van der Waals surface area contributed by atoms with Crippen molar-refractivity contribution in [2.75, 3.05) is 32.7 Å². The molecule has 1 amide bonds. The zero-order chi connectivity index (χ0) is 17.2. The Hall–Kier alpha value is -1.51. The molecule has 0 radical (unpaired) electrons. The van der Waals surface area contributed by atoms with Crippen LogP contribution in [-0.2, 0) is 14.8 Å². The SMILES string of the molecule is O=C(C1CCCN1)N1CCCN(S(=O)(=O)c2ccc(F)cc2)CC1. The normalized spacial score (nSPS) is 23.2. The van der Waals surface area contributed by atoms with Gasteiger partial charge < -0.3 is 10.2 Å². The number of rotatable bonds is 3. The van der Waals surface area contributed by atoms with E-state index in [4.69, 9.17) is 0 Å². The second-order valence-electron chi connectivity index (χ2n) is 6.19. The summed E-state index contributed by atoms with van der Waals surface area (Å²) in [6.45, 7) is 2.43. The van der Waals surface area contributed by atoms with Gasteiger partial charge in [-0.25, -0.2) is 12.8 Å². The predicted molar refractivity (Wildman–Crippen MR) is 87.4 cm³/mol. The molecule has 3 rings (SSSR count). The molecule has 132 valence electrons. The third-order valence-electron chi connectivity index (χ3n) is 4.58. The van der Waals surface area contributed by atoms with Crippen LogP contribution in [0.4, 0.5) is 4.39 Å². The molecule has 8 heteroatoms. The monoisotopic (exact) mass is 355 g/mol. The largest absolute Gasteiger partial charge is 0.340 e. The lowest BCUT2D eigenvalue weighted by atomic mass is 10.2. The fourth-order valence-corrected chi connectivity index (χ4v) is 4.70. The van der Waals surface area contributed by atoms with Gasteiger partial charge in [0.15, 0.2) is 0 Å². The highest BCUT2D eigenvalue weighted by Crippen LogP contribution is 2.19. The lowest BCUT2D eigenvalue weighted by Gasteiger charge is -2.24. The average Bonchev–Trinajstić information content (AvgIpc) is 2.98. The summed E-state index contributed by atoms with van der Waals surface area (Å²) >= 11 is 0. The minimum absolute atomic E-state index is 0.0635. The van der Waals surface area contributed by atoms with Crippen LogP contribution in [0.1, 0.15) is 19.3 Å². The van der Waals surface area contributed by atoms with Crippen LogP contribution in [0.3, 0.4) is 0 Å². The Morgan fingerprint density at radius 1 is 1.08 bits per heavy atom. The Balaban J connectivity index is 1.68. The fraction of sp³-hybridized carbons (Fsp3) is 0.562. The average molecular weight is 355 g/mol. The second-order valence-corrected chi connectivity index (χ2v) is 8.12. The molecule has 0 aromatic heterocycles. The quantitative estimate of drug-likeness (QED) is 0.871. The molecular formula is C16H22FN3O3S. The number of halogens is 1. The van der Waals surface area contributed by atoms with Gasteiger partial charge in [-0.1, -0.05) is 0 Å². The van der Waals surface area contributed by atoms with Gasteiger partial charge in [-0.05, 0) is 50.1 Å². The van der Waals surface area contributed by atoms with Crippen LogP contribution in [0.5, 0.6) is 0 Å². The number of nitrogens with one attached hydrogen (secondary N) is 1. The topological polar surface area (TPSA) is 69.7 Å². The van der Waals surface area contributed by atoms with E-state index in [1.165, 1.54) is 16.4 Å². The van der Waals surface area contributed by atoms with Gasteiger partial charge in [0, 0.05) is 26.2 Å². The van der Waals surface area contributed by atoms with E-state index >= 15 is 0 Å². The van der Waals surface area contributed by atoms with Crippen molar-refractivity contribution in [1.29, 1.82) is 0 Å². The number of carbonyl (C=O) groups is 1. The summed E-state index contributed by atoms with van der Waals surface area (Å²) in [6.07, 6.45) is 2.43. The molecule has 2 saturated heterocycles. The molecule has 1 aromatic carbocycles. The highest BCUT2D eigenvalue weighted by molar-refractivity contribution is 7.89. The number of nitrogens with zero attached hydrogens (tertiary/aromatic N) is 2. The Morgan fingerprint density at radius 2 is 1.83 bits per heavy atom. The summed E-state index contributed by atoms with van der Waals surface area (Å²) < 4.78 is 39.7. The van der Waals surface area contributed by atoms with E-state index in [1.807, 2.05) is 0 Å². The molecule has 0 spiro atoms. The van der Waals surface area contributed by atoms with Gasteiger partial charge in [-0.15, -0.1) is 0 Å². The van der Waals surface area contributed by atoms with Crippen molar-refractivity contribution in [3.05, 3.63) is 30.1 Å². The maximum atomic E-state index is 13.0. The predicted octanol–water partition coefficient (Wildman–Crippen LogP) is 0.801. The van der Waals surface area contributed by atoms with Crippen LogP contribution in [0, 0.1) is 5.82 Å². The molecule has 2 aliphatic heterocycles. The molecule has 1 unspecified atom stereocenters. The van der Waals surface area contributed by atoms with Crippen LogP contribution in [-0.4, -0.2) is 62.3 Å². The molecule has 2 heterocycles. The highest BCUT2D eigenvalue weighted by Gasteiger charge is 2.31. The molecule has 2 fully saturated rings. The molecule has 1 aromatic rings. The standard InChI is InChI=1S/C16H22FN3O3S/c17-13-4-6-14(7-5-13)24(22,23)20-10-2-9-19(11-12-20)16(21)15-3-1-8-18-15/h4-7,15,18H,1-3,8-12H2. The van der Waals surface area contributed by atoms with E-state index in [0.29, 0.717) is 26.1 Å². The smallest absolute Gasteiger partial charge is 0.243 e. The summed E-state index contributed by atoms with van der Waals surface area (Å²) in [6, 6.07) is 4.71. The maximum absolute atomic E-state index is 13.0. The van der Waals surface area contributed by atoms with E-state index in [1.54, 1.807) is 4.90 Å².